The van der Waals surface area contributed by atoms with E-state index in [0.717, 1.165) is 0 Å². The van der Waals surface area contributed by atoms with Gasteiger partial charge in [-0.2, -0.15) is 0 Å². The molecule has 1 unspecified atom stereocenters. The summed E-state index contributed by atoms with van der Waals surface area (Å²) in [5.41, 5.74) is 0.554. The molecule has 1 fully saturated rings. The smallest absolute Gasteiger partial charge is 0.254 e. The van der Waals surface area contributed by atoms with E-state index in [0.29, 0.717) is 43.2 Å². The molecule has 1 saturated heterocycles. The Morgan fingerprint density at radius 3 is 2.84 bits per heavy atom. The normalized spacial score (nSPS) is 18.5. The highest BCUT2D eigenvalue weighted by molar-refractivity contribution is 5.95. The van der Waals surface area contributed by atoms with E-state index in [4.69, 9.17) is 9.47 Å². The fourth-order valence-electron chi connectivity index (χ4n) is 2.19. The molecule has 1 aromatic rings. The van der Waals surface area contributed by atoms with Crippen LogP contribution in [0.2, 0.25) is 0 Å². The van der Waals surface area contributed by atoms with Crippen molar-refractivity contribution in [3.05, 3.63) is 23.8 Å². The van der Waals surface area contributed by atoms with Crippen LogP contribution >= 0.6 is 0 Å². The Bertz CT molecular complexity index is 461. The average Bonchev–Trinajstić information content (AvgIpc) is 2.85. The first kappa shape index (κ1) is 13.7. The molecule has 5 nitrogen and oxygen atoms in total. The van der Waals surface area contributed by atoms with E-state index in [1.807, 2.05) is 6.92 Å². The van der Waals surface area contributed by atoms with Gasteiger partial charge >= 0.3 is 0 Å². The van der Waals surface area contributed by atoms with Crippen molar-refractivity contribution in [1.82, 2.24) is 4.90 Å². The zero-order valence-corrected chi connectivity index (χ0v) is 11.3. The second-order valence-corrected chi connectivity index (χ2v) is 4.49. The maximum Gasteiger partial charge on any atom is 0.254 e. The molecule has 5 heteroatoms. The van der Waals surface area contributed by atoms with Gasteiger partial charge in [-0.25, -0.2) is 0 Å². The van der Waals surface area contributed by atoms with Gasteiger partial charge in [0.25, 0.3) is 5.91 Å². The number of likely N-dealkylation sites (tertiary alicyclic amines) is 1. The number of aliphatic hydroxyl groups excluding tert-OH is 1. The minimum absolute atomic E-state index is 0.0832. The van der Waals surface area contributed by atoms with Crippen LogP contribution < -0.4 is 9.47 Å². The first-order chi connectivity index (χ1) is 9.15. The summed E-state index contributed by atoms with van der Waals surface area (Å²) in [6, 6.07) is 5.13. The minimum Gasteiger partial charge on any atom is -0.493 e. The Labute approximate surface area is 112 Å². The Kier molecular flexibility index (Phi) is 4.27. The van der Waals surface area contributed by atoms with E-state index >= 15 is 0 Å². The van der Waals surface area contributed by atoms with Gasteiger partial charge in [0.05, 0.1) is 19.8 Å². The van der Waals surface area contributed by atoms with Crippen molar-refractivity contribution in [1.29, 1.82) is 0 Å². The Morgan fingerprint density at radius 2 is 2.26 bits per heavy atom. The van der Waals surface area contributed by atoms with E-state index in [-0.39, 0.29) is 5.91 Å². The molecule has 0 saturated carbocycles. The maximum absolute atomic E-state index is 12.3. The Hall–Kier alpha value is -1.75. The van der Waals surface area contributed by atoms with Gasteiger partial charge in [-0.3, -0.25) is 4.79 Å². The Morgan fingerprint density at radius 1 is 1.47 bits per heavy atom. The number of methoxy groups -OCH3 is 1. The second-order valence-electron chi connectivity index (χ2n) is 4.49. The van der Waals surface area contributed by atoms with Crippen LogP contribution in [0, 0.1) is 0 Å². The molecular weight excluding hydrogens is 246 g/mol. The predicted molar refractivity (Wildman–Crippen MR) is 70.7 cm³/mol. The van der Waals surface area contributed by atoms with Crippen LogP contribution in [-0.2, 0) is 0 Å². The third-order valence-corrected chi connectivity index (χ3v) is 3.16. The van der Waals surface area contributed by atoms with Crippen LogP contribution in [0.4, 0.5) is 0 Å². The molecule has 0 spiro atoms. The number of hydrogen-bond acceptors (Lipinski definition) is 4. The highest BCUT2D eigenvalue weighted by atomic mass is 16.5. The topological polar surface area (TPSA) is 59.0 Å². The molecule has 1 aliphatic rings. The van der Waals surface area contributed by atoms with Crippen molar-refractivity contribution < 1.29 is 19.4 Å². The molecule has 1 aliphatic heterocycles. The minimum atomic E-state index is -0.409. The molecule has 0 aliphatic carbocycles. The molecule has 2 rings (SSSR count). The summed E-state index contributed by atoms with van der Waals surface area (Å²) in [5.74, 6) is 1.09. The number of hydrogen-bond donors (Lipinski definition) is 1. The molecule has 1 aromatic carbocycles. The average molecular weight is 265 g/mol. The summed E-state index contributed by atoms with van der Waals surface area (Å²) in [6.07, 6.45) is 0.230. The van der Waals surface area contributed by atoms with Gasteiger partial charge in [0, 0.05) is 18.7 Å². The summed E-state index contributed by atoms with van der Waals surface area (Å²) in [5, 5.41) is 9.48. The lowest BCUT2D eigenvalue weighted by Gasteiger charge is -2.17. The fraction of sp³-hybridized carbons (Fsp3) is 0.500. The van der Waals surface area contributed by atoms with Crippen molar-refractivity contribution >= 4 is 5.91 Å². The van der Waals surface area contributed by atoms with Crippen molar-refractivity contribution in [2.45, 2.75) is 19.4 Å². The molecular formula is C14H19NO4. The molecule has 0 bridgehead atoms. The van der Waals surface area contributed by atoms with Gasteiger partial charge in [-0.05, 0) is 31.5 Å². The Balaban J connectivity index is 2.20. The van der Waals surface area contributed by atoms with Gasteiger partial charge in [-0.1, -0.05) is 0 Å². The van der Waals surface area contributed by atoms with Crippen LogP contribution in [-0.4, -0.2) is 48.8 Å². The number of carbonyl (C=O) groups excluding carboxylic acids is 1. The van der Waals surface area contributed by atoms with E-state index in [1.54, 1.807) is 30.2 Å². The zero-order chi connectivity index (χ0) is 13.8. The number of carbonyl (C=O) groups is 1. The molecule has 0 aromatic heterocycles. The number of aliphatic hydroxyl groups is 1. The first-order valence-electron chi connectivity index (χ1n) is 6.44. The zero-order valence-electron chi connectivity index (χ0n) is 11.3. The van der Waals surface area contributed by atoms with Crippen LogP contribution in [0.25, 0.3) is 0 Å². The van der Waals surface area contributed by atoms with Gasteiger partial charge in [0.15, 0.2) is 11.5 Å². The van der Waals surface area contributed by atoms with Gasteiger partial charge < -0.3 is 19.5 Å². The number of benzene rings is 1. The van der Waals surface area contributed by atoms with E-state index in [9.17, 15) is 9.90 Å². The summed E-state index contributed by atoms with van der Waals surface area (Å²) < 4.78 is 10.6. The standard InChI is InChI=1S/C14H19NO4/c1-3-19-13-8-10(4-5-12(13)18-2)14(17)15-7-6-11(16)9-15/h4-5,8,11,16H,3,6-7,9H2,1-2H3. The lowest BCUT2D eigenvalue weighted by molar-refractivity contribution is 0.0764. The molecule has 1 heterocycles. The molecule has 0 radical (unpaired) electrons. The number of ether oxygens (including phenoxy) is 2. The van der Waals surface area contributed by atoms with Crippen LogP contribution in [0.15, 0.2) is 18.2 Å². The molecule has 1 atom stereocenters. The third-order valence-electron chi connectivity index (χ3n) is 3.16. The molecule has 104 valence electrons. The highest BCUT2D eigenvalue weighted by Crippen LogP contribution is 2.29. The monoisotopic (exact) mass is 265 g/mol. The maximum atomic E-state index is 12.3. The van der Waals surface area contributed by atoms with Crippen molar-refractivity contribution in [2.24, 2.45) is 0 Å². The second kappa shape index (κ2) is 5.93. The van der Waals surface area contributed by atoms with Crippen molar-refractivity contribution in [3.8, 4) is 11.5 Å². The summed E-state index contributed by atoms with van der Waals surface area (Å²) >= 11 is 0. The highest BCUT2D eigenvalue weighted by Gasteiger charge is 2.25. The van der Waals surface area contributed by atoms with E-state index in [2.05, 4.69) is 0 Å². The van der Waals surface area contributed by atoms with Gasteiger partial charge in [0.1, 0.15) is 0 Å². The van der Waals surface area contributed by atoms with E-state index in [1.165, 1.54) is 0 Å². The van der Waals surface area contributed by atoms with E-state index < -0.39 is 6.10 Å². The van der Waals surface area contributed by atoms with Crippen molar-refractivity contribution in [3.63, 3.8) is 0 Å². The fourth-order valence-corrected chi connectivity index (χ4v) is 2.19. The molecule has 1 N–H and O–H groups in total. The first-order valence-corrected chi connectivity index (χ1v) is 6.44. The summed E-state index contributed by atoms with van der Waals surface area (Å²) in [6.45, 7) is 3.38. The lowest BCUT2D eigenvalue weighted by atomic mass is 10.1. The lowest BCUT2D eigenvalue weighted by Crippen LogP contribution is -2.29. The molecule has 19 heavy (non-hydrogen) atoms. The van der Waals surface area contributed by atoms with Gasteiger partial charge in [0.2, 0.25) is 0 Å². The molecule has 1 amide bonds. The quantitative estimate of drug-likeness (QED) is 0.891. The van der Waals surface area contributed by atoms with Crippen LogP contribution in [0.5, 0.6) is 11.5 Å². The van der Waals surface area contributed by atoms with Crippen LogP contribution in [0.3, 0.4) is 0 Å². The van der Waals surface area contributed by atoms with Crippen molar-refractivity contribution in [2.75, 3.05) is 26.8 Å². The number of β-amino-alcohol motifs (C(OH)–C–C–N with tert-alkyl or cyclic N) is 1. The predicted octanol–water partition coefficient (Wildman–Crippen LogP) is 1.30. The summed E-state index contributed by atoms with van der Waals surface area (Å²) in [4.78, 5) is 13.9. The van der Waals surface area contributed by atoms with Gasteiger partial charge in [-0.15, -0.1) is 0 Å². The number of nitrogens with zero attached hydrogens (tertiary/aromatic N) is 1. The van der Waals surface area contributed by atoms with Crippen LogP contribution in [0.1, 0.15) is 23.7 Å². The third kappa shape index (κ3) is 2.98. The summed E-state index contributed by atoms with van der Waals surface area (Å²) in [7, 11) is 1.57. The number of rotatable bonds is 4. The largest absolute Gasteiger partial charge is 0.493 e. The number of amides is 1. The SMILES string of the molecule is CCOc1cc(C(=O)N2CCC(O)C2)ccc1OC.